The lowest BCUT2D eigenvalue weighted by molar-refractivity contribution is -0.167. The Hall–Kier alpha value is -2.11. The van der Waals surface area contributed by atoms with E-state index in [0.717, 1.165) is 64.2 Å². The second-order valence-corrected chi connectivity index (χ2v) is 20.3. The molecular weight excluding hydrogens is 829 g/mol. The number of hydrogen-bond acceptors (Lipinski definition) is 6. The number of hydrogen-bond donors (Lipinski definition) is 0. The van der Waals surface area contributed by atoms with Gasteiger partial charge in [0, 0.05) is 19.3 Å². The van der Waals surface area contributed by atoms with Crippen LogP contribution in [0.3, 0.4) is 0 Å². The maximum Gasteiger partial charge on any atom is 0.306 e. The van der Waals surface area contributed by atoms with Gasteiger partial charge in [0.15, 0.2) is 6.10 Å². The van der Waals surface area contributed by atoms with Gasteiger partial charge in [-0.3, -0.25) is 14.4 Å². The monoisotopic (exact) mass is 943 g/mol. The highest BCUT2D eigenvalue weighted by molar-refractivity contribution is 5.71. The smallest absolute Gasteiger partial charge is 0.306 e. The Morgan fingerprint density at radius 3 is 0.746 bits per heavy atom. The van der Waals surface area contributed by atoms with Gasteiger partial charge in [-0.05, 0) is 70.6 Å². The molecule has 0 aliphatic carbocycles. The molecule has 0 bridgehead atoms. The summed E-state index contributed by atoms with van der Waals surface area (Å²) in [6, 6.07) is 0. The Morgan fingerprint density at radius 1 is 0.284 bits per heavy atom. The highest BCUT2D eigenvalue weighted by Gasteiger charge is 2.19. The van der Waals surface area contributed by atoms with Crippen LogP contribution >= 0.6 is 0 Å². The highest BCUT2D eigenvalue weighted by atomic mass is 16.6. The average molecular weight is 944 g/mol. The van der Waals surface area contributed by atoms with Crippen molar-refractivity contribution in [3.05, 3.63) is 24.3 Å². The van der Waals surface area contributed by atoms with Crippen LogP contribution in [0.4, 0.5) is 0 Å². The molecule has 0 aromatic rings. The van der Waals surface area contributed by atoms with E-state index >= 15 is 0 Å². The standard InChI is InChI=1S/C61H114O6/c1-4-7-10-13-16-19-22-25-28-29-30-31-34-36-39-42-45-48-51-54-60(63)66-57-58(67-61(64)55-52-49-46-43-40-37-33-27-24-21-18-15-12-9-6-3)56-65-59(62)53-50-47-44-41-38-35-32-26-23-20-17-14-11-8-5-2/h25-26,28,32,58H,4-24,27,29-31,33-57H2,1-3H3/b28-25-,32-26-/t58-/m0/s1. The van der Waals surface area contributed by atoms with Crippen molar-refractivity contribution in [3.8, 4) is 0 Å². The number of rotatable bonds is 55. The molecule has 0 aliphatic heterocycles. The molecule has 0 rings (SSSR count). The summed E-state index contributed by atoms with van der Waals surface area (Å²) < 4.78 is 16.9. The molecule has 0 heterocycles. The highest BCUT2D eigenvalue weighted by Crippen LogP contribution is 2.17. The van der Waals surface area contributed by atoms with Crippen molar-refractivity contribution in [2.24, 2.45) is 0 Å². The van der Waals surface area contributed by atoms with E-state index in [1.807, 2.05) is 0 Å². The molecule has 0 unspecified atom stereocenters. The number of ether oxygens (including phenoxy) is 3. The molecule has 67 heavy (non-hydrogen) atoms. The van der Waals surface area contributed by atoms with Crippen LogP contribution in [0, 0.1) is 0 Å². The van der Waals surface area contributed by atoms with Gasteiger partial charge in [-0.2, -0.15) is 0 Å². The Morgan fingerprint density at radius 2 is 0.493 bits per heavy atom. The first kappa shape index (κ1) is 64.9. The summed E-state index contributed by atoms with van der Waals surface area (Å²) in [5, 5.41) is 0. The third-order valence-corrected chi connectivity index (χ3v) is 13.4. The van der Waals surface area contributed by atoms with E-state index in [-0.39, 0.29) is 31.1 Å². The van der Waals surface area contributed by atoms with E-state index in [1.54, 1.807) is 0 Å². The predicted octanol–water partition coefficient (Wildman–Crippen LogP) is 19.9. The first-order valence-electron chi connectivity index (χ1n) is 29.8. The van der Waals surface area contributed by atoms with Crippen molar-refractivity contribution in [1.82, 2.24) is 0 Å². The third-order valence-electron chi connectivity index (χ3n) is 13.4. The maximum atomic E-state index is 12.9. The third kappa shape index (κ3) is 54.7. The van der Waals surface area contributed by atoms with Gasteiger partial charge in [0.25, 0.3) is 0 Å². The Bertz CT molecular complexity index is 1080. The lowest BCUT2D eigenvalue weighted by Gasteiger charge is -2.18. The molecule has 6 nitrogen and oxygen atoms in total. The minimum atomic E-state index is -0.771. The van der Waals surface area contributed by atoms with Crippen molar-refractivity contribution in [2.45, 2.75) is 335 Å². The first-order chi connectivity index (χ1) is 33.0. The molecular formula is C61H114O6. The number of allylic oxidation sites excluding steroid dienone is 4. The summed E-state index contributed by atoms with van der Waals surface area (Å²) in [4.78, 5) is 38.2. The molecule has 6 heteroatoms. The quantitative estimate of drug-likeness (QED) is 0.0262. The molecule has 1 atom stereocenters. The summed E-state index contributed by atoms with van der Waals surface area (Å²) in [5.74, 6) is -0.859. The second kappa shape index (κ2) is 56.5. The lowest BCUT2D eigenvalue weighted by Crippen LogP contribution is -2.30. The fraction of sp³-hybridized carbons (Fsp3) is 0.885. The summed E-state index contributed by atoms with van der Waals surface area (Å²) >= 11 is 0. The van der Waals surface area contributed by atoms with E-state index in [2.05, 4.69) is 45.1 Å². The van der Waals surface area contributed by atoms with Crippen molar-refractivity contribution < 1.29 is 28.6 Å². The van der Waals surface area contributed by atoms with E-state index in [9.17, 15) is 14.4 Å². The molecule has 0 saturated heterocycles. The topological polar surface area (TPSA) is 78.9 Å². The van der Waals surface area contributed by atoms with Crippen molar-refractivity contribution in [1.29, 1.82) is 0 Å². The number of esters is 3. The molecule has 0 spiro atoms. The Balaban J connectivity index is 4.32. The molecule has 0 aliphatic rings. The van der Waals surface area contributed by atoms with Crippen molar-refractivity contribution in [3.63, 3.8) is 0 Å². The molecule has 0 fully saturated rings. The molecule has 0 radical (unpaired) electrons. The minimum Gasteiger partial charge on any atom is -0.462 e. The van der Waals surface area contributed by atoms with E-state index < -0.39 is 6.10 Å². The van der Waals surface area contributed by atoms with Gasteiger partial charge < -0.3 is 14.2 Å². The normalized spacial score (nSPS) is 12.1. The summed E-state index contributed by atoms with van der Waals surface area (Å²) in [6.45, 7) is 6.67. The number of carbonyl (C=O) groups excluding carboxylic acids is 3. The summed E-state index contributed by atoms with van der Waals surface area (Å²) in [7, 11) is 0. The summed E-state index contributed by atoms with van der Waals surface area (Å²) in [5.41, 5.74) is 0. The van der Waals surface area contributed by atoms with Crippen LogP contribution < -0.4 is 0 Å². The van der Waals surface area contributed by atoms with Crippen LogP contribution in [-0.4, -0.2) is 37.2 Å². The van der Waals surface area contributed by atoms with Crippen LogP contribution in [0.2, 0.25) is 0 Å². The van der Waals surface area contributed by atoms with Crippen LogP contribution in [-0.2, 0) is 28.6 Å². The van der Waals surface area contributed by atoms with Gasteiger partial charge >= 0.3 is 17.9 Å². The van der Waals surface area contributed by atoms with Crippen LogP contribution in [0.1, 0.15) is 329 Å². The zero-order valence-corrected chi connectivity index (χ0v) is 45.2. The van der Waals surface area contributed by atoms with E-state index in [1.165, 1.54) is 225 Å². The van der Waals surface area contributed by atoms with Crippen molar-refractivity contribution in [2.75, 3.05) is 13.2 Å². The molecule has 0 amide bonds. The lowest BCUT2D eigenvalue weighted by atomic mass is 10.0. The largest absolute Gasteiger partial charge is 0.462 e. The van der Waals surface area contributed by atoms with Gasteiger partial charge in [-0.25, -0.2) is 0 Å². The summed E-state index contributed by atoms with van der Waals surface area (Å²) in [6.07, 6.45) is 65.9. The van der Waals surface area contributed by atoms with Crippen LogP contribution in [0.5, 0.6) is 0 Å². The van der Waals surface area contributed by atoms with E-state index in [0.29, 0.717) is 19.3 Å². The van der Waals surface area contributed by atoms with E-state index in [4.69, 9.17) is 14.2 Å². The number of carbonyl (C=O) groups is 3. The fourth-order valence-electron chi connectivity index (χ4n) is 8.91. The van der Waals surface area contributed by atoms with Gasteiger partial charge in [0.05, 0.1) is 0 Å². The van der Waals surface area contributed by atoms with Gasteiger partial charge in [0.2, 0.25) is 0 Å². The minimum absolute atomic E-state index is 0.0704. The molecule has 0 aromatic heterocycles. The van der Waals surface area contributed by atoms with Crippen LogP contribution in [0.25, 0.3) is 0 Å². The second-order valence-electron chi connectivity index (χ2n) is 20.3. The predicted molar refractivity (Wildman–Crippen MR) is 289 cm³/mol. The zero-order valence-electron chi connectivity index (χ0n) is 45.2. The average Bonchev–Trinajstić information content (AvgIpc) is 3.33. The molecule has 394 valence electrons. The van der Waals surface area contributed by atoms with Gasteiger partial charge in [-0.1, -0.05) is 263 Å². The Labute approximate surface area is 417 Å². The SMILES string of the molecule is CCCCCCCC/C=C\CCCCCCCCCCCC(=O)OC[C@H](COC(=O)CCCCCCC/C=C\CCCCCCCC)OC(=O)CCCCCCCCCCCCCCCCC. The van der Waals surface area contributed by atoms with Crippen molar-refractivity contribution >= 4 is 17.9 Å². The zero-order chi connectivity index (χ0) is 48.6. The molecule has 0 saturated carbocycles. The molecule has 0 aromatic carbocycles. The first-order valence-corrected chi connectivity index (χ1v) is 29.8. The maximum absolute atomic E-state index is 12.9. The number of unbranched alkanes of at least 4 members (excludes halogenated alkanes) is 40. The fourth-order valence-corrected chi connectivity index (χ4v) is 8.91. The Kier molecular flexibility index (Phi) is 54.7. The van der Waals surface area contributed by atoms with Gasteiger partial charge in [0.1, 0.15) is 13.2 Å². The van der Waals surface area contributed by atoms with Crippen LogP contribution in [0.15, 0.2) is 24.3 Å². The molecule has 0 N–H and O–H groups in total. The van der Waals surface area contributed by atoms with Gasteiger partial charge in [-0.15, -0.1) is 0 Å².